The van der Waals surface area contributed by atoms with Gasteiger partial charge in [0.2, 0.25) is 0 Å². The van der Waals surface area contributed by atoms with Crippen LogP contribution in [0.3, 0.4) is 0 Å². The van der Waals surface area contributed by atoms with Crippen LogP contribution < -0.4 is 11.5 Å². The molecule has 0 saturated carbocycles. The Balaban J connectivity index is -0.000000233. The third-order valence-corrected chi connectivity index (χ3v) is 3.90. The van der Waals surface area contributed by atoms with Gasteiger partial charge in [-0.2, -0.15) is 0 Å². The Morgan fingerprint density at radius 1 is 0.586 bits per heavy atom. The first-order valence-electron chi connectivity index (χ1n) is 11.9. The summed E-state index contributed by atoms with van der Waals surface area (Å²) in [6.45, 7) is 7.56. The Hall–Kier alpha value is -0.690. The molecular weight excluding hydrogens is 368 g/mol. The fourth-order valence-corrected chi connectivity index (χ4v) is 2.41. The first kappa shape index (κ1) is 35.7. The van der Waals surface area contributed by atoms with Crippen molar-refractivity contribution in [1.82, 2.24) is 0 Å². The van der Waals surface area contributed by atoms with Crippen molar-refractivity contribution in [3.8, 4) is 0 Å². The lowest BCUT2D eigenvalue weighted by Crippen LogP contribution is -2.06. The molecule has 0 rings (SSSR count). The van der Waals surface area contributed by atoms with Gasteiger partial charge in [-0.05, 0) is 39.8 Å². The molecule has 0 aromatic heterocycles. The van der Waals surface area contributed by atoms with E-state index in [-0.39, 0.29) is 13.2 Å². The molecule has 0 atom stereocenters. The third-order valence-electron chi connectivity index (χ3n) is 3.90. The van der Waals surface area contributed by atoms with Crippen molar-refractivity contribution in [1.29, 1.82) is 0 Å². The van der Waals surface area contributed by atoms with Crippen LogP contribution in [0.2, 0.25) is 0 Å². The van der Waals surface area contributed by atoms with Crippen molar-refractivity contribution in [2.75, 3.05) is 26.3 Å². The number of aliphatic hydroxyl groups excluding tert-OH is 2. The van der Waals surface area contributed by atoms with E-state index >= 15 is 0 Å². The predicted molar refractivity (Wildman–Crippen MR) is 126 cm³/mol. The maximum Gasteiger partial charge on any atom is 0.303 e. The van der Waals surface area contributed by atoms with Crippen LogP contribution in [0.1, 0.15) is 117 Å². The van der Waals surface area contributed by atoms with E-state index in [1.54, 1.807) is 13.8 Å². The van der Waals surface area contributed by atoms with E-state index in [1.807, 2.05) is 0 Å². The number of unbranched alkanes of at least 4 members (excludes halogenated alkanes) is 12. The van der Waals surface area contributed by atoms with E-state index in [9.17, 15) is 4.79 Å². The first-order chi connectivity index (χ1) is 14.0. The maximum absolute atomic E-state index is 10.3. The number of aliphatic hydroxyl groups is 2. The van der Waals surface area contributed by atoms with Gasteiger partial charge in [0.15, 0.2) is 0 Å². The lowest BCUT2D eigenvalue weighted by atomic mass is 10.0. The summed E-state index contributed by atoms with van der Waals surface area (Å²) in [5.74, 6) is -0.655. The molecule has 0 aromatic rings. The van der Waals surface area contributed by atoms with E-state index in [0.29, 0.717) is 6.42 Å². The molecule has 0 fully saturated rings. The molecule has 0 spiro atoms. The summed E-state index contributed by atoms with van der Waals surface area (Å²) in [7, 11) is 0. The van der Waals surface area contributed by atoms with Crippen LogP contribution in [0, 0.1) is 0 Å². The Labute approximate surface area is 181 Å². The number of hydrogen-bond acceptors (Lipinski definition) is 5. The highest BCUT2D eigenvalue weighted by atomic mass is 16.4. The van der Waals surface area contributed by atoms with Crippen molar-refractivity contribution in [3.63, 3.8) is 0 Å². The standard InChI is InChI=1S/C16H32O2.C3H10N2.2C2H6O/c1-2-3-4-5-6-7-8-9-10-11-12-13-14-15-16(17)18;4-2-1-3-5;2*1-2-3/h2-15H2,1H3,(H,17,18);1-5H2;2*3H,2H2,1H3. The molecule has 0 radical (unpaired) electrons. The summed E-state index contributed by atoms with van der Waals surface area (Å²) < 4.78 is 0. The summed E-state index contributed by atoms with van der Waals surface area (Å²) in [5.41, 5.74) is 10.1. The highest BCUT2D eigenvalue weighted by molar-refractivity contribution is 5.66. The molecule has 180 valence electrons. The SMILES string of the molecule is CCCCCCCCCCCCCCCC(=O)O.CCO.CCO.NCCCN. The molecule has 0 unspecified atom stereocenters. The molecule has 6 heteroatoms. The molecule has 0 saturated heterocycles. The van der Waals surface area contributed by atoms with E-state index in [0.717, 1.165) is 32.4 Å². The second-order valence-corrected chi connectivity index (χ2v) is 6.95. The molecule has 0 aliphatic carbocycles. The van der Waals surface area contributed by atoms with Crippen LogP contribution in [0.15, 0.2) is 0 Å². The topological polar surface area (TPSA) is 130 Å². The van der Waals surface area contributed by atoms with Gasteiger partial charge in [0.1, 0.15) is 0 Å². The summed E-state index contributed by atoms with van der Waals surface area (Å²) in [5, 5.41) is 23.6. The highest BCUT2D eigenvalue weighted by Crippen LogP contribution is 2.12. The normalized spacial score (nSPS) is 9.34. The molecule has 0 aromatic carbocycles. The second kappa shape index (κ2) is 41.6. The van der Waals surface area contributed by atoms with Crippen molar-refractivity contribution in [3.05, 3.63) is 0 Å². The van der Waals surface area contributed by atoms with Crippen LogP contribution in [0.5, 0.6) is 0 Å². The molecule has 29 heavy (non-hydrogen) atoms. The van der Waals surface area contributed by atoms with Crippen LogP contribution >= 0.6 is 0 Å². The average molecular weight is 423 g/mol. The number of hydrogen-bond donors (Lipinski definition) is 5. The Bertz CT molecular complexity index is 251. The Morgan fingerprint density at radius 3 is 1.07 bits per heavy atom. The van der Waals surface area contributed by atoms with Crippen molar-refractivity contribution in [2.45, 2.75) is 117 Å². The summed E-state index contributed by atoms with van der Waals surface area (Å²) in [6, 6.07) is 0. The van der Waals surface area contributed by atoms with Crippen molar-refractivity contribution in [2.24, 2.45) is 11.5 Å². The highest BCUT2D eigenvalue weighted by Gasteiger charge is 1.96. The van der Waals surface area contributed by atoms with Gasteiger partial charge in [0.25, 0.3) is 0 Å². The zero-order valence-electron chi connectivity index (χ0n) is 19.8. The lowest BCUT2D eigenvalue weighted by molar-refractivity contribution is -0.137. The summed E-state index contributed by atoms with van der Waals surface area (Å²) in [4.78, 5) is 10.3. The van der Waals surface area contributed by atoms with Crippen molar-refractivity contribution >= 4 is 5.97 Å². The predicted octanol–water partition coefficient (Wildman–Crippen LogP) is 4.84. The second-order valence-electron chi connectivity index (χ2n) is 6.95. The zero-order chi connectivity index (χ0) is 23.0. The molecule has 6 nitrogen and oxygen atoms in total. The van der Waals surface area contributed by atoms with Crippen molar-refractivity contribution < 1.29 is 20.1 Å². The van der Waals surface area contributed by atoms with Crippen LogP contribution in [0.4, 0.5) is 0 Å². The Morgan fingerprint density at radius 2 is 0.862 bits per heavy atom. The quantitative estimate of drug-likeness (QED) is 0.226. The molecule has 7 N–H and O–H groups in total. The minimum absolute atomic E-state index is 0.250. The molecule has 0 aliphatic rings. The van der Waals surface area contributed by atoms with Crippen LogP contribution in [-0.2, 0) is 4.79 Å². The van der Waals surface area contributed by atoms with E-state index < -0.39 is 5.97 Å². The van der Waals surface area contributed by atoms with E-state index in [1.165, 1.54) is 70.6 Å². The van der Waals surface area contributed by atoms with Gasteiger partial charge in [-0.15, -0.1) is 0 Å². The van der Waals surface area contributed by atoms with Crippen LogP contribution in [-0.4, -0.2) is 47.6 Å². The Kier molecular flexibility index (Phi) is 51.3. The molecule has 0 heterocycles. The maximum atomic E-state index is 10.3. The minimum Gasteiger partial charge on any atom is -0.481 e. The molecular formula is C23H54N2O4. The summed E-state index contributed by atoms with van der Waals surface area (Å²) >= 11 is 0. The fraction of sp³-hybridized carbons (Fsp3) is 0.957. The number of aliphatic carboxylic acids is 1. The van der Waals surface area contributed by atoms with Gasteiger partial charge in [0.05, 0.1) is 0 Å². The minimum atomic E-state index is -0.655. The number of carboxylic acids is 1. The smallest absolute Gasteiger partial charge is 0.303 e. The fourth-order valence-electron chi connectivity index (χ4n) is 2.41. The number of nitrogens with two attached hydrogens (primary N) is 2. The molecule has 0 aliphatic heterocycles. The van der Waals surface area contributed by atoms with Gasteiger partial charge in [-0.3, -0.25) is 4.79 Å². The van der Waals surface area contributed by atoms with Gasteiger partial charge >= 0.3 is 5.97 Å². The van der Waals surface area contributed by atoms with Gasteiger partial charge < -0.3 is 26.8 Å². The first-order valence-corrected chi connectivity index (χ1v) is 11.9. The third kappa shape index (κ3) is 65.8. The largest absolute Gasteiger partial charge is 0.481 e. The molecule has 0 bridgehead atoms. The van der Waals surface area contributed by atoms with Crippen LogP contribution in [0.25, 0.3) is 0 Å². The monoisotopic (exact) mass is 422 g/mol. The lowest BCUT2D eigenvalue weighted by Gasteiger charge is -2.02. The molecule has 0 amide bonds. The number of carboxylic acid groups (broad SMARTS) is 1. The van der Waals surface area contributed by atoms with Gasteiger partial charge in [-0.25, -0.2) is 0 Å². The van der Waals surface area contributed by atoms with Gasteiger partial charge in [-0.1, -0.05) is 84.0 Å². The zero-order valence-corrected chi connectivity index (χ0v) is 19.8. The number of rotatable bonds is 16. The van der Waals surface area contributed by atoms with Gasteiger partial charge in [0, 0.05) is 19.6 Å². The summed E-state index contributed by atoms with van der Waals surface area (Å²) in [6.07, 6.45) is 18.2. The van der Waals surface area contributed by atoms with E-state index in [4.69, 9.17) is 26.8 Å². The van der Waals surface area contributed by atoms with E-state index in [2.05, 4.69) is 6.92 Å². The average Bonchev–Trinajstić information content (AvgIpc) is 2.68. The number of carbonyl (C=O) groups is 1.